The molecule has 1 aliphatic heterocycles. The number of hydrogen-bond donors (Lipinski definition) is 0. The molecule has 0 bridgehead atoms. The average molecular weight is 332 g/mol. The van der Waals surface area contributed by atoms with Crippen molar-refractivity contribution in [1.29, 1.82) is 5.26 Å². The van der Waals surface area contributed by atoms with E-state index in [-0.39, 0.29) is 16.9 Å². The molecule has 1 saturated heterocycles. The summed E-state index contributed by atoms with van der Waals surface area (Å²) < 4.78 is 64.3. The first-order valence-electron chi connectivity index (χ1n) is 6.59. The molecule has 0 N–H and O–H groups in total. The standard InChI is InChI=1S/C14H15F3N2O2S/c1-13(2)5-6-19(9-13)22(20,21)12-4-3-11(14(15,16)17)7-10(12)8-18/h3-4,7H,5-6,9H2,1-2H3. The van der Waals surface area contributed by atoms with Crippen LogP contribution in [0.3, 0.4) is 0 Å². The molecule has 1 aliphatic rings. The molecule has 0 amide bonds. The van der Waals surface area contributed by atoms with Crippen molar-refractivity contribution in [2.45, 2.75) is 31.3 Å². The summed E-state index contributed by atoms with van der Waals surface area (Å²) in [6.45, 7) is 4.41. The van der Waals surface area contributed by atoms with Gasteiger partial charge in [-0.05, 0) is 30.0 Å². The van der Waals surface area contributed by atoms with Gasteiger partial charge in [-0.25, -0.2) is 8.42 Å². The number of sulfonamides is 1. The van der Waals surface area contributed by atoms with Crippen LogP contribution in [-0.4, -0.2) is 25.8 Å². The lowest BCUT2D eigenvalue weighted by Gasteiger charge is -2.20. The fraction of sp³-hybridized carbons (Fsp3) is 0.500. The quantitative estimate of drug-likeness (QED) is 0.836. The first-order chi connectivity index (χ1) is 9.97. The van der Waals surface area contributed by atoms with Crippen LogP contribution >= 0.6 is 0 Å². The van der Waals surface area contributed by atoms with Crippen molar-refractivity contribution in [1.82, 2.24) is 4.31 Å². The molecule has 2 rings (SSSR count). The summed E-state index contributed by atoms with van der Waals surface area (Å²) in [6.07, 6.45) is -3.96. The summed E-state index contributed by atoms with van der Waals surface area (Å²) in [7, 11) is -3.97. The summed E-state index contributed by atoms with van der Waals surface area (Å²) in [4.78, 5) is -0.374. The molecule has 0 saturated carbocycles. The molecule has 120 valence electrons. The minimum atomic E-state index is -4.62. The largest absolute Gasteiger partial charge is 0.416 e. The molecule has 0 unspecified atom stereocenters. The lowest BCUT2D eigenvalue weighted by atomic mass is 9.93. The minimum absolute atomic E-state index is 0.189. The Balaban J connectivity index is 2.47. The molecule has 4 nitrogen and oxygen atoms in total. The van der Waals surface area contributed by atoms with E-state index in [0.717, 1.165) is 6.07 Å². The second-order valence-electron chi connectivity index (χ2n) is 6.07. The molecule has 0 aliphatic carbocycles. The number of rotatable bonds is 2. The third-order valence-electron chi connectivity index (χ3n) is 3.69. The molecule has 0 atom stereocenters. The fourth-order valence-corrected chi connectivity index (χ4v) is 4.18. The van der Waals surface area contributed by atoms with Gasteiger partial charge in [-0.2, -0.15) is 22.7 Å². The van der Waals surface area contributed by atoms with E-state index in [0.29, 0.717) is 25.1 Å². The Hall–Kier alpha value is -1.59. The highest BCUT2D eigenvalue weighted by Gasteiger charge is 2.39. The van der Waals surface area contributed by atoms with Gasteiger partial charge in [-0.3, -0.25) is 0 Å². The van der Waals surface area contributed by atoms with Crippen LogP contribution in [0.15, 0.2) is 23.1 Å². The first kappa shape index (κ1) is 16.8. The van der Waals surface area contributed by atoms with E-state index in [2.05, 4.69) is 0 Å². The van der Waals surface area contributed by atoms with Crippen LogP contribution in [-0.2, 0) is 16.2 Å². The Morgan fingerprint density at radius 1 is 1.32 bits per heavy atom. The van der Waals surface area contributed by atoms with Crippen LogP contribution in [0.4, 0.5) is 13.2 Å². The Morgan fingerprint density at radius 3 is 2.41 bits per heavy atom. The van der Waals surface area contributed by atoms with Crippen molar-refractivity contribution < 1.29 is 21.6 Å². The number of nitriles is 1. The van der Waals surface area contributed by atoms with Crippen LogP contribution in [0.5, 0.6) is 0 Å². The zero-order valence-corrected chi connectivity index (χ0v) is 12.9. The normalized spacial score (nSPS) is 19.1. The van der Waals surface area contributed by atoms with Crippen LogP contribution in [0, 0.1) is 16.7 Å². The molecule has 1 heterocycles. The maximum atomic E-state index is 12.7. The maximum Gasteiger partial charge on any atom is 0.416 e. The summed E-state index contributed by atoms with van der Waals surface area (Å²) in [5, 5.41) is 9.02. The topological polar surface area (TPSA) is 61.2 Å². The number of alkyl halides is 3. The molecule has 1 aromatic rings. The summed E-state index contributed by atoms with van der Waals surface area (Å²) >= 11 is 0. The van der Waals surface area contributed by atoms with Gasteiger partial charge in [0, 0.05) is 13.1 Å². The Morgan fingerprint density at radius 2 is 1.95 bits per heavy atom. The van der Waals surface area contributed by atoms with Crippen molar-refractivity contribution in [3.05, 3.63) is 29.3 Å². The second kappa shape index (κ2) is 5.25. The van der Waals surface area contributed by atoms with Gasteiger partial charge in [0.05, 0.1) is 16.0 Å². The predicted octanol–water partition coefficient (Wildman–Crippen LogP) is 3.00. The van der Waals surface area contributed by atoms with Gasteiger partial charge in [-0.15, -0.1) is 0 Å². The van der Waals surface area contributed by atoms with Crippen molar-refractivity contribution >= 4 is 10.0 Å². The SMILES string of the molecule is CC1(C)CCN(S(=O)(=O)c2ccc(C(F)(F)F)cc2C#N)C1. The summed E-state index contributed by atoms with van der Waals surface area (Å²) in [5.74, 6) is 0. The van der Waals surface area contributed by atoms with Crippen molar-refractivity contribution in [2.75, 3.05) is 13.1 Å². The van der Waals surface area contributed by atoms with Gasteiger partial charge in [0.15, 0.2) is 0 Å². The van der Waals surface area contributed by atoms with Gasteiger partial charge in [0.2, 0.25) is 10.0 Å². The minimum Gasteiger partial charge on any atom is -0.207 e. The van der Waals surface area contributed by atoms with Crippen LogP contribution in [0.25, 0.3) is 0 Å². The van der Waals surface area contributed by atoms with Gasteiger partial charge in [-0.1, -0.05) is 13.8 Å². The number of halogens is 3. The molecule has 0 spiro atoms. The van der Waals surface area contributed by atoms with E-state index in [1.807, 2.05) is 13.8 Å². The molecule has 1 fully saturated rings. The van der Waals surface area contributed by atoms with E-state index >= 15 is 0 Å². The van der Waals surface area contributed by atoms with Crippen molar-refractivity contribution in [2.24, 2.45) is 5.41 Å². The Labute approximate surface area is 127 Å². The van der Waals surface area contributed by atoms with Crippen LogP contribution in [0.2, 0.25) is 0 Å². The smallest absolute Gasteiger partial charge is 0.207 e. The van der Waals surface area contributed by atoms with Gasteiger partial charge < -0.3 is 0 Å². The Bertz CT molecular complexity index is 733. The molecule has 8 heteroatoms. The van der Waals surface area contributed by atoms with Crippen LogP contribution in [0.1, 0.15) is 31.4 Å². The zero-order valence-electron chi connectivity index (χ0n) is 12.1. The van der Waals surface area contributed by atoms with Crippen LogP contribution < -0.4 is 0 Å². The average Bonchev–Trinajstić information content (AvgIpc) is 2.78. The molecule has 0 radical (unpaired) electrons. The van der Waals surface area contributed by atoms with E-state index in [1.165, 1.54) is 4.31 Å². The second-order valence-corrected chi connectivity index (χ2v) is 7.98. The number of hydrogen-bond acceptors (Lipinski definition) is 3. The predicted molar refractivity (Wildman–Crippen MR) is 73.3 cm³/mol. The molecule has 22 heavy (non-hydrogen) atoms. The van der Waals surface area contributed by atoms with E-state index in [4.69, 9.17) is 5.26 Å². The number of benzene rings is 1. The molecule has 0 aromatic heterocycles. The Kier molecular flexibility index (Phi) is 4.00. The van der Waals surface area contributed by atoms with Crippen molar-refractivity contribution in [3.8, 4) is 6.07 Å². The third-order valence-corrected chi connectivity index (χ3v) is 5.59. The highest BCUT2D eigenvalue weighted by atomic mass is 32.2. The first-order valence-corrected chi connectivity index (χ1v) is 8.03. The van der Waals surface area contributed by atoms with E-state index in [1.54, 1.807) is 6.07 Å². The third kappa shape index (κ3) is 3.10. The highest BCUT2D eigenvalue weighted by Crippen LogP contribution is 2.35. The summed E-state index contributed by atoms with van der Waals surface area (Å²) in [5.41, 5.74) is -1.71. The molecule has 1 aromatic carbocycles. The zero-order chi connectivity index (χ0) is 16.8. The van der Waals surface area contributed by atoms with Gasteiger partial charge in [0.1, 0.15) is 6.07 Å². The number of nitrogens with zero attached hydrogens (tertiary/aromatic N) is 2. The maximum absolute atomic E-state index is 12.7. The van der Waals surface area contributed by atoms with Gasteiger partial charge >= 0.3 is 6.18 Å². The highest BCUT2D eigenvalue weighted by molar-refractivity contribution is 7.89. The van der Waals surface area contributed by atoms with Gasteiger partial charge in [0.25, 0.3) is 0 Å². The lowest BCUT2D eigenvalue weighted by molar-refractivity contribution is -0.137. The fourth-order valence-electron chi connectivity index (χ4n) is 2.43. The monoisotopic (exact) mass is 332 g/mol. The van der Waals surface area contributed by atoms with E-state index in [9.17, 15) is 21.6 Å². The summed E-state index contributed by atoms with van der Waals surface area (Å²) in [6, 6.07) is 3.68. The molecular weight excluding hydrogens is 317 g/mol. The van der Waals surface area contributed by atoms with E-state index < -0.39 is 27.3 Å². The van der Waals surface area contributed by atoms with Crippen molar-refractivity contribution in [3.63, 3.8) is 0 Å². The molecular formula is C14H15F3N2O2S. The lowest BCUT2D eigenvalue weighted by Crippen LogP contribution is -2.31.